The zero-order valence-electron chi connectivity index (χ0n) is 20.6. The first-order valence-corrected chi connectivity index (χ1v) is 11.4. The summed E-state index contributed by atoms with van der Waals surface area (Å²) in [7, 11) is 2.96. The minimum absolute atomic E-state index is 0.00939. The summed E-state index contributed by atoms with van der Waals surface area (Å²) in [5, 5.41) is 0. The lowest BCUT2D eigenvalue weighted by Crippen LogP contribution is -2.52. The Labute approximate surface area is 199 Å². The number of piperazine rings is 1. The molecule has 0 N–H and O–H groups in total. The van der Waals surface area contributed by atoms with Crippen molar-refractivity contribution in [2.75, 3.05) is 44.2 Å². The van der Waals surface area contributed by atoms with Crippen LogP contribution in [0.3, 0.4) is 0 Å². The van der Waals surface area contributed by atoms with Crippen molar-refractivity contribution in [3.05, 3.63) is 74.1 Å². The van der Waals surface area contributed by atoms with Crippen LogP contribution < -0.4 is 16.1 Å². The molecule has 0 spiro atoms. The van der Waals surface area contributed by atoms with E-state index in [4.69, 9.17) is 0 Å². The second-order valence-electron chi connectivity index (χ2n) is 8.99. The molecule has 0 bridgehead atoms. The van der Waals surface area contributed by atoms with Gasteiger partial charge in [-0.2, -0.15) is 0 Å². The van der Waals surface area contributed by atoms with Crippen LogP contribution in [0.1, 0.15) is 29.8 Å². The third-order valence-electron chi connectivity index (χ3n) is 6.02. The van der Waals surface area contributed by atoms with Crippen molar-refractivity contribution in [1.82, 2.24) is 18.9 Å². The molecule has 1 aliphatic rings. The van der Waals surface area contributed by atoms with Crippen molar-refractivity contribution in [2.24, 2.45) is 14.1 Å². The van der Waals surface area contributed by atoms with Crippen molar-refractivity contribution in [1.29, 1.82) is 0 Å². The third kappa shape index (κ3) is 5.72. The molecule has 0 atom stereocenters. The molecule has 0 radical (unpaired) electrons. The first-order chi connectivity index (χ1) is 16.1. The van der Waals surface area contributed by atoms with Gasteiger partial charge in [0, 0.05) is 58.6 Å². The van der Waals surface area contributed by atoms with Gasteiger partial charge in [0.2, 0.25) is 5.91 Å². The third-order valence-corrected chi connectivity index (χ3v) is 6.02. The van der Waals surface area contributed by atoms with Crippen LogP contribution in [0, 0.1) is 6.92 Å². The van der Waals surface area contributed by atoms with Crippen molar-refractivity contribution in [3.63, 3.8) is 0 Å². The summed E-state index contributed by atoms with van der Waals surface area (Å²) < 4.78 is 2.31. The minimum atomic E-state index is -0.507. The monoisotopic (exact) mass is 467 g/mol. The first kappa shape index (κ1) is 25.2. The lowest BCUT2D eigenvalue weighted by molar-refractivity contribution is -0.120. The Bertz CT molecular complexity index is 1200. The summed E-state index contributed by atoms with van der Waals surface area (Å²) >= 11 is 0. The van der Waals surface area contributed by atoms with Crippen LogP contribution in [-0.4, -0.2) is 70.0 Å². The van der Waals surface area contributed by atoms with E-state index < -0.39 is 11.2 Å². The summed E-state index contributed by atoms with van der Waals surface area (Å²) in [4.78, 5) is 56.2. The van der Waals surface area contributed by atoms with Crippen LogP contribution in [0.2, 0.25) is 0 Å². The Morgan fingerprint density at radius 3 is 2.21 bits per heavy atom. The van der Waals surface area contributed by atoms with Gasteiger partial charge < -0.3 is 14.4 Å². The van der Waals surface area contributed by atoms with Crippen molar-refractivity contribution in [2.45, 2.75) is 20.8 Å². The fourth-order valence-corrected chi connectivity index (χ4v) is 3.85. The number of allylic oxidation sites excluding steroid dienone is 1. The molecule has 9 nitrogen and oxygen atoms in total. The predicted molar refractivity (Wildman–Crippen MR) is 132 cm³/mol. The molecule has 3 rings (SSSR count). The smallest absolute Gasteiger partial charge is 0.330 e. The fourth-order valence-electron chi connectivity index (χ4n) is 3.85. The second-order valence-corrected chi connectivity index (χ2v) is 8.99. The molecule has 1 saturated heterocycles. The van der Waals surface area contributed by atoms with Gasteiger partial charge >= 0.3 is 5.69 Å². The average molecular weight is 468 g/mol. The maximum atomic E-state index is 13.3. The van der Waals surface area contributed by atoms with Crippen LogP contribution in [0.5, 0.6) is 0 Å². The SMILES string of the molecule is CC(C)=CCN(C(=O)CN1CCN(C(=O)c2ccc(C)cc2)CC1)c1cn(C)c(=O)n(C)c1=O. The maximum absolute atomic E-state index is 13.3. The number of nitrogens with zero attached hydrogens (tertiary/aromatic N) is 5. The number of carbonyl (C=O) groups is 2. The lowest BCUT2D eigenvalue weighted by atomic mass is 10.1. The summed E-state index contributed by atoms with van der Waals surface area (Å²) in [5.41, 5.74) is 1.99. The van der Waals surface area contributed by atoms with E-state index in [1.165, 1.54) is 22.7 Å². The van der Waals surface area contributed by atoms with Crippen LogP contribution in [0.25, 0.3) is 0 Å². The molecular weight excluding hydrogens is 434 g/mol. The van der Waals surface area contributed by atoms with Crippen LogP contribution in [0.4, 0.5) is 5.69 Å². The van der Waals surface area contributed by atoms with Crippen LogP contribution in [-0.2, 0) is 18.9 Å². The number of amides is 2. The molecule has 0 aliphatic carbocycles. The molecular formula is C25H33N5O4. The molecule has 1 aromatic carbocycles. The predicted octanol–water partition coefficient (Wildman–Crippen LogP) is 1.15. The van der Waals surface area contributed by atoms with E-state index in [9.17, 15) is 19.2 Å². The Balaban J connectivity index is 1.71. The number of carbonyl (C=O) groups excluding carboxylic acids is 2. The molecule has 34 heavy (non-hydrogen) atoms. The molecule has 0 unspecified atom stereocenters. The van der Waals surface area contributed by atoms with Gasteiger partial charge in [0.15, 0.2) is 0 Å². The number of hydrogen-bond acceptors (Lipinski definition) is 5. The van der Waals surface area contributed by atoms with Crippen LogP contribution in [0.15, 0.2) is 51.7 Å². The number of anilines is 1. The van der Waals surface area contributed by atoms with Gasteiger partial charge in [-0.25, -0.2) is 4.79 Å². The van der Waals surface area contributed by atoms with Gasteiger partial charge in [-0.1, -0.05) is 29.3 Å². The highest BCUT2D eigenvalue weighted by atomic mass is 16.2. The Kier molecular flexibility index (Phi) is 7.88. The van der Waals surface area contributed by atoms with Gasteiger partial charge in [0.05, 0.1) is 6.54 Å². The van der Waals surface area contributed by atoms with Crippen LogP contribution >= 0.6 is 0 Å². The van der Waals surface area contributed by atoms with Gasteiger partial charge in [0.1, 0.15) is 5.69 Å². The van der Waals surface area contributed by atoms with E-state index in [0.717, 1.165) is 15.7 Å². The summed E-state index contributed by atoms with van der Waals surface area (Å²) in [6, 6.07) is 7.52. The van der Waals surface area contributed by atoms with E-state index in [-0.39, 0.29) is 30.6 Å². The van der Waals surface area contributed by atoms with Crippen molar-refractivity contribution >= 4 is 17.5 Å². The molecule has 2 aromatic rings. The first-order valence-electron chi connectivity index (χ1n) is 11.4. The van der Waals surface area contributed by atoms with E-state index in [2.05, 4.69) is 0 Å². The molecule has 2 heterocycles. The number of rotatable bonds is 6. The lowest BCUT2D eigenvalue weighted by Gasteiger charge is -2.35. The fraction of sp³-hybridized carbons (Fsp3) is 0.440. The topological polar surface area (TPSA) is 87.9 Å². The highest BCUT2D eigenvalue weighted by Gasteiger charge is 2.26. The Morgan fingerprint density at radius 1 is 1.00 bits per heavy atom. The van der Waals surface area contributed by atoms with E-state index in [1.54, 1.807) is 11.9 Å². The normalized spacial score (nSPS) is 14.1. The quantitative estimate of drug-likeness (QED) is 0.595. The molecule has 182 valence electrons. The summed E-state index contributed by atoms with van der Waals surface area (Å²) in [6.45, 7) is 8.35. The maximum Gasteiger partial charge on any atom is 0.330 e. The number of aryl methyl sites for hydroxylation is 2. The zero-order valence-corrected chi connectivity index (χ0v) is 20.6. The molecule has 2 amide bonds. The molecule has 1 aromatic heterocycles. The minimum Gasteiger partial charge on any atom is -0.336 e. The highest BCUT2D eigenvalue weighted by Crippen LogP contribution is 2.12. The summed E-state index contributed by atoms with van der Waals surface area (Å²) in [5.74, 6) is -0.239. The molecule has 9 heteroatoms. The Hall–Kier alpha value is -3.46. The second kappa shape index (κ2) is 10.6. The number of aromatic nitrogens is 2. The molecule has 0 saturated carbocycles. The average Bonchev–Trinajstić information content (AvgIpc) is 2.81. The number of benzene rings is 1. The Morgan fingerprint density at radius 2 is 1.62 bits per heavy atom. The van der Waals surface area contributed by atoms with E-state index in [0.29, 0.717) is 31.7 Å². The largest absolute Gasteiger partial charge is 0.336 e. The van der Waals surface area contributed by atoms with Gasteiger partial charge in [0.25, 0.3) is 11.5 Å². The standard InChI is InChI=1S/C25H33N5O4/c1-18(2)10-11-30(21-16-26(4)25(34)27(5)24(21)33)22(31)17-28-12-14-29(15-13-28)23(32)20-8-6-19(3)7-9-20/h6-10,16H,11-15,17H2,1-5H3. The van der Waals surface area contributed by atoms with E-state index in [1.807, 2.05) is 56.0 Å². The summed E-state index contributed by atoms with van der Waals surface area (Å²) in [6.07, 6.45) is 3.29. The van der Waals surface area contributed by atoms with E-state index >= 15 is 0 Å². The molecule has 1 fully saturated rings. The van der Waals surface area contributed by atoms with Gasteiger partial charge in [-0.15, -0.1) is 0 Å². The van der Waals surface area contributed by atoms with Crippen molar-refractivity contribution in [3.8, 4) is 0 Å². The number of hydrogen-bond donors (Lipinski definition) is 0. The van der Waals surface area contributed by atoms with Gasteiger partial charge in [-0.05, 0) is 32.9 Å². The zero-order chi connectivity index (χ0) is 25.0. The van der Waals surface area contributed by atoms with Crippen molar-refractivity contribution < 1.29 is 9.59 Å². The molecule has 1 aliphatic heterocycles. The van der Waals surface area contributed by atoms with Gasteiger partial charge in [-0.3, -0.25) is 23.9 Å². The highest BCUT2D eigenvalue weighted by molar-refractivity contribution is 5.95.